The maximum absolute atomic E-state index is 12.5. The fourth-order valence-corrected chi connectivity index (χ4v) is 4.30. The number of aromatic hydroxyl groups is 1. The Labute approximate surface area is 111 Å². The van der Waals surface area contributed by atoms with Crippen molar-refractivity contribution in [3.8, 4) is 5.75 Å². The quantitative estimate of drug-likeness (QED) is 0.782. The molecule has 2 amide bonds. The van der Waals surface area contributed by atoms with Crippen LogP contribution in [0.25, 0.3) is 0 Å². The van der Waals surface area contributed by atoms with Crippen molar-refractivity contribution >= 4 is 17.5 Å². The second kappa shape index (κ2) is 3.59. The number of hydrogen-bond acceptors (Lipinski definition) is 3. The average Bonchev–Trinajstić information content (AvgIpc) is 3.04. The smallest absolute Gasteiger partial charge is 0.237 e. The summed E-state index contributed by atoms with van der Waals surface area (Å²) in [5, 5.41) is 9.52. The molecule has 4 atom stereocenters. The highest BCUT2D eigenvalue weighted by Crippen LogP contribution is 2.56. The van der Waals surface area contributed by atoms with E-state index in [0.717, 1.165) is 19.3 Å². The van der Waals surface area contributed by atoms with E-state index in [4.69, 9.17) is 0 Å². The molecule has 1 heterocycles. The molecule has 1 saturated heterocycles. The number of carbonyl (C=O) groups is 2. The number of hydrogen-bond donors (Lipinski definition) is 1. The number of imide groups is 1. The van der Waals surface area contributed by atoms with Crippen molar-refractivity contribution in [3.05, 3.63) is 24.3 Å². The monoisotopic (exact) mass is 257 g/mol. The third kappa shape index (κ3) is 1.34. The first-order chi connectivity index (χ1) is 9.16. The Kier molecular flexibility index (Phi) is 2.08. The molecule has 4 heteroatoms. The molecule has 98 valence electrons. The topological polar surface area (TPSA) is 57.6 Å². The molecule has 19 heavy (non-hydrogen) atoms. The molecule has 1 aromatic rings. The maximum atomic E-state index is 12.5. The first-order valence-corrected chi connectivity index (χ1v) is 6.83. The van der Waals surface area contributed by atoms with Gasteiger partial charge >= 0.3 is 0 Å². The lowest BCUT2D eigenvalue weighted by Crippen LogP contribution is -2.32. The fraction of sp³-hybridized carbons (Fsp3) is 0.467. The standard InChI is InChI=1S/C15H15NO3/c17-11-3-1-2-10(7-11)16-14(18)12-8-4-5-9(6-8)13(12)15(16)19/h1-3,7-9,12-13,17H,4-6H2/t8-,9+,12-,13-/m1/s1. The normalized spacial score (nSPS) is 36.1. The van der Waals surface area contributed by atoms with E-state index in [1.165, 1.54) is 11.0 Å². The first kappa shape index (κ1) is 11.0. The van der Waals surface area contributed by atoms with E-state index in [-0.39, 0.29) is 29.4 Å². The van der Waals surface area contributed by atoms with Gasteiger partial charge < -0.3 is 5.11 Å². The molecule has 0 unspecified atom stereocenters. The zero-order valence-electron chi connectivity index (χ0n) is 10.5. The van der Waals surface area contributed by atoms with Gasteiger partial charge in [-0.05, 0) is 43.2 Å². The Bertz CT molecular complexity index is 555. The Hall–Kier alpha value is -1.84. The fourth-order valence-electron chi connectivity index (χ4n) is 4.30. The number of anilines is 1. The van der Waals surface area contributed by atoms with Crippen molar-refractivity contribution in [1.82, 2.24) is 0 Å². The number of phenolic OH excluding ortho intramolecular Hbond substituents is 1. The minimum absolute atomic E-state index is 0.0622. The maximum Gasteiger partial charge on any atom is 0.237 e. The lowest BCUT2D eigenvalue weighted by atomic mass is 9.81. The Morgan fingerprint density at radius 2 is 1.68 bits per heavy atom. The predicted octanol–water partition coefficient (Wildman–Crippen LogP) is 1.93. The molecule has 4 nitrogen and oxygen atoms in total. The van der Waals surface area contributed by atoms with Crippen molar-refractivity contribution in [3.63, 3.8) is 0 Å². The van der Waals surface area contributed by atoms with Gasteiger partial charge in [-0.1, -0.05) is 6.07 Å². The van der Waals surface area contributed by atoms with Crippen LogP contribution in [0.4, 0.5) is 5.69 Å². The molecule has 0 radical (unpaired) electrons. The highest BCUT2D eigenvalue weighted by Gasteiger charge is 2.61. The summed E-state index contributed by atoms with van der Waals surface area (Å²) in [7, 11) is 0. The summed E-state index contributed by atoms with van der Waals surface area (Å²) < 4.78 is 0. The van der Waals surface area contributed by atoms with Crippen LogP contribution in [0.1, 0.15) is 19.3 Å². The zero-order chi connectivity index (χ0) is 13.1. The molecule has 0 aromatic heterocycles. The molecule has 1 N–H and O–H groups in total. The molecule has 3 aliphatic rings. The van der Waals surface area contributed by atoms with Gasteiger partial charge in [0, 0.05) is 6.07 Å². The molecule has 2 saturated carbocycles. The average molecular weight is 257 g/mol. The Morgan fingerprint density at radius 3 is 2.26 bits per heavy atom. The lowest BCUT2D eigenvalue weighted by Gasteiger charge is -2.19. The highest BCUT2D eigenvalue weighted by molar-refractivity contribution is 6.22. The van der Waals surface area contributed by atoms with E-state index in [2.05, 4.69) is 0 Å². The summed E-state index contributed by atoms with van der Waals surface area (Å²) in [6, 6.07) is 6.39. The van der Waals surface area contributed by atoms with Crippen LogP contribution in [0, 0.1) is 23.7 Å². The van der Waals surface area contributed by atoms with E-state index in [9.17, 15) is 14.7 Å². The molecular formula is C15H15NO3. The van der Waals surface area contributed by atoms with Gasteiger partial charge in [0.1, 0.15) is 5.75 Å². The van der Waals surface area contributed by atoms with Gasteiger partial charge in [-0.25, -0.2) is 4.90 Å². The summed E-state index contributed by atoms with van der Waals surface area (Å²) in [6.45, 7) is 0. The van der Waals surface area contributed by atoms with E-state index in [1.54, 1.807) is 18.2 Å². The van der Waals surface area contributed by atoms with Gasteiger partial charge in [0.05, 0.1) is 17.5 Å². The minimum atomic E-state index is -0.103. The first-order valence-electron chi connectivity index (χ1n) is 6.83. The molecule has 2 bridgehead atoms. The van der Waals surface area contributed by atoms with Crippen molar-refractivity contribution in [2.75, 3.05) is 4.90 Å². The van der Waals surface area contributed by atoms with Crippen molar-refractivity contribution in [1.29, 1.82) is 0 Å². The molecule has 3 fully saturated rings. The third-order valence-corrected chi connectivity index (χ3v) is 5.02. The van der Waals surface area contributed by atoms with Gasteiger partial charge in [-0.2, -0.15) is 0 Å². The van der Waals surface area contributed by atoms with Gasteiger partial charge in [0.25, 0.3) is 0 Å². The summed E-state index contributed by atoms with van der Waals surface area (Å²) in [5.41, 5.74) is 0.504. The molecule has 4 rings (SSSR count). The highest BCUT2D eigenvalue weighted by atomic mass is 16.3. The van der Waals surface area contributed by atoms with Crippen LogP contribution in [0.5, 0.6) is 5.75 Å². The molecular weight excluding hydrogens is 242 g/mol. The number of amides is 2. The predicted molar refractivity (Wildman–Crippen MR) is 68.4 cm³/mol. The second-order valence-electron chi connectivity index (χ2n) is 5.92. The lowest BCUT2D eigenvalue weighted by molar-refractivity contribution is -0.123. The summed E-state index contributed by atoms with van der Waals surface area (Å²) in [6.07, 6.45) is 3.21. The second-order valence-corrected chi connectivity index (χ2v) is 5.92. The summed E-state index contributed by atoms with van der Waals surface area (Å²) in [5.74, 6) is 0.545. The number of carbonyl (C=O) groups excluding carboxylic acids is 2. The SMILES string of the molecule is O=C1[C@@H]2[C@@H]3CC[C@@H](C3)[C@H]2C(=O)N1c1cccc(O)c1. The van der Waals surface area contributed by atoms with Gasteiger partial charge in [0.2, 0.25) is 11.8 Å². The third-order valence-electron chi connectivity index (χ3n) is 5.02. The van der Waals surface area contributed by atoms with Crippen LogP contribution in [-0.2, 0) is 9.59 Å². The summed E-state index contributed by atoms with van der Waals surface area (Å²) in [4.78, 5) is 26.3. The largest absolute Gasteiger partial charge is 0.508 e. The Morgan fingerprint density at radius 1 is 1.05 bits per heavy atom. The Balaban J connectivity index is 1.75. The minimum Gasteiger partial charge on any atom is -0.508 e. The van der Waals surface area contributed by atoms with Crippen molar-refractivity contribution < 1.29 is 14.7 Å². The molecule has 1 aromatic carbocycles. The number of benzene rings is 1. The van der Waals surface area contributed by atoms with Crippen LogP contribution < -0.4 is 4.90 Å². The van der Waals surface area contributed by atoms with Gasteiger partial charge in [0.15, 0.2) is 0 Å². The molecule has 2 aliphatic carbocycles. The number of rotatable bonds is 1. The van der Waals surface area contributed by atoms with E-state index in [1.807, 2.05) is 0 Å². The van der Waals surface area contributed by atoms with Crippen molar-refractivity contribution in [2.45, 2.75) is 19.3 Å². The van der Waals surface area contributed by atoms with Crippen LogP contribution in [-0.4, -0.2) is 16.9 Å². The van der Waals surface area contributed by atoms with Crippen LogP contribution in [0.2, 0.25) is 0 Å². The van der Waals surface area contributed by atoms with Gasteiger partial charge in [-0.15, -0.1) is 0 Å². The van der Waals surface area contributed by atoms with Crippen LogP contribution in [0.3, 0.4) is 0 Å². The van der Waals surface area contributed by atoms with Crippen LogP contribution >= 0.6 is 0 Å². The van der Waals surface area contributed by atoms with E-state index in [0.29, 0.717) is 17.5 Å². The molecule has 1 aliphatic heterocycles. The van der Waals surface area contributed by atoms with Crippen molar-refractivity contribution in [2.24, 2.45) is 23.7 Å². The van der Waals surface area contributed by atoms with E-state index < -0.39 is 0 Å². The van der Waals surface area contributed by atoms with Gasteiger partial charge in [-0.3, -0.25) is 9.59 Å². The number of fused-ring (bicyclic) bond motifs is 5. The molecule has 0 spiro atoms. The van der Waals surface area contributed by atoms with Crippen LogP contribution in [0.15, 0.2) is 24.3 Å². The number of phenols is 1. The summed E-state index contributed by atoms with van der Waals surface area (Å²) >= 11 is 0. The number of nitrogens with zero attached hydrogens (tertiary/aromatic N) is 1. The zero-order valence-corrected chi connectivity index (χ0v) is 10.5. The van der Waals surface area contributed by atoms with E-state index >= 15 is 0 Å².